The van der Waals surface area contributed by atoms with Gasteiger partial charge < -0.3 is 9.47 Å². The summed E-state index contributed by atoms with van der Waals surface area (Å²) >= 11 is 0. The number of pyridine rings is 1. The Morgan fingerprint density at radius 1 is 0.579 bits per heavy atom. The first kappa shape index (κ1) is 33.3. The zero-order valence-electron chi connectivity index (χ0n) is 30.5. The van der Waals surface area contributed by atoms with Crippen LogP contribution in [-0.4, -0.2) is 9.55 Å². The molecule has 3 heterocycles. The van der Waals surface area contributed by atoms with Crippen molar-refractivity contribution in [2.45, 2.75) is 5.41 Å². The number of nitrogens with zero attached hydrogens (tertiary/aromatic N) is 6. The topological polar surface area (TPSA) is 73.0 Å². The molecule has 2 aromatic heterocycles. The molecule has 0 spiro atoms. The first-order valence-electron chi connectivity index (χ1n) is 18.6. The summed E-state index contributed by atoms with van der Waals surface area (Å²) in [6.07, 6.45) is 3.70. The molecule has 10 rings (SSSR count). The summed E-state index contributed by atoms with van der Waals surface area (Å²) in [7, 11) is 0. The van der Waals surface area contributed by atoms with Gasteiger partial charge in [0, 0.05) is 45.7 Å². The number of benzene rings is 7. The normalized spacial score (nSPS) is 12.6. The Labute approximate surface area is 329 Å². The fraction of sp³-hybridized carbons (Fsp3) is 0.0196. The first-order valence-corrected chi connectivity index (χ1v) is 18.6. The SMILES string of the molecule is [C-]#[N+]c1cc(C#N)cc(C#N)c1-c1cc(N2c3ccccc3C(c3ccccc3)(c3ccccc3)c3ccccc32)cc(-n2c3ccccc3c3cnccc32)c1. The minimum atomic E-state index is -0.648. The summed E-state index contributed by atoms with van der Waals surface area (Å²) in [5.41, 5.74) is 11.5. The number of hydrogen-bond acceptors (Lipinski definition) is 4. The number of anilines is 3. The van der Waals surface area contributed by atoms with Gasteiger partial charge in [0.25, 0.3) is 0 Å². The van der Waals surface area contributed by atoms with Crippen LogP contribution in [0.5, 0.6) is 0 Å². The number of aromatic nitrogens is 2. The van der Waals surface area contributed by atoms with Crippen LogP contribution in [0.15, 0.2) is 182 Å². The molecule has 0 saturated heterocycles. The third-order valence-corrected chi connectivity index (χ3v) is 11.2. The molecule has 0 atom stereocenters. The molecule has 57 heavy (non-hydrogen) atoms. The van der Waals surface area contributed by atoms with Crippen molar-refractivity contribution in [3.8, 4) is 29.0 Å². The summed E-state index contributed by atoms with van der Waals surface area (Å²) in [5.74, 6) is 0. The molecule has 0 saturated carbocycles. The lowest BCUT2D eigenvalue weighted by Crippen LogP contribution is -2.37. The van der Waals surface area contributed by atoms with Crippen LogP contribution in [0, 0.1) is 29.2 Å². The lowest BCUT2D eigenvalue weighted by atomic mass is 9.62. The van der Waals surface area contributed by atoms with Gasteiger partial charge in [0.15, 0.2) is 5.69 Å². The molecule has 0 unspecified atom stereocenters. The van der Waals surface area contributed by atoms with E-state index in [1.807, 2.05) is 30.5 Å². The third kappa shape index (κ3) is 4.98. The van der Waals surface area contributed by atoms with Gasteiger partial charge in [0.1, 0.15) is 0 Å². The second kappa shape index (κ2) is 13.3. The van der Waals surface area contributed by atoms with Crippen molar-refractivity contribution in [2.24, 2.45) is 0 Å². The number of hydrogen-bond donors (Lipinski definition) is 0. The van der Waals surface area contributed by atoms with Gasteiger partial charge in [-0.05, 0) is 82.4 Å². The maximum Gasteiger partial charge on any atom is 0.197 e. The summed E-state index contributed by atoms with van der Waals surface area (Å²) in [6, 6.07) is 62.8. The maximum atomic E-state index is 10.5. The predicted octanol–water partition coefficient (Wildman–Crippen LogP) is 12.3. The lowest BCUT2D eigenvalue weighted by Gasteiger charge is -2.46. The Hall–Kier alpha value is -8.24. The summed E-state index contributed by atoms with van der Waals surface area (Å²) in [4.78, 5) is 10.7. The molecular weight excluding hydrogens is 697 g/mol. The quantitative estimate of drug-likeness (QED) is 0.166. The van der Waals surface area contributed by atoms with E-state index in [-0.39, 0.29) is 16.8 Å². The molecule has 264 valence electrons. The van der Waals surface area contributed by atoms with Crippen molar-refractivity contribution >= 4 is 44.6 Å². The monoisotopic (exact) mass is 726 g/mol. The largest absolute Gasteiger partial charge is 0.310 e. The molecule has 0 N–H and O–H groups in total. The van der Waals surface area contributed by atoms with Crippen molar-refractivity contribution in [1.82, 2.24) is 9.55 Å². The Bertz CT molecular complexity index is 3000. The standard InChI is InChI=1S/C51H30N6/c1-54-45-27-34(31-52)26-36(32-53)50(45)35-28-39(56-46-21-11-8-18-41(46)42-33-55-25-24-47(42)56)30-40(29-35)57-48-22-12-9-19-43(48)51(37-14-4-2-5-15-37,38-16-6-3-7-17-38)44-20-10-13-23-49(44)57/h2-30,33H. The van der Waals surface area contributed by atoms with E-state index in [9.17, 15) is 10.5 Å². The lowest BCUT2D eigenvalue weighted by molar-refractivity contribution is 0.731. The molecule has 0 radical (unpaired) electrons. The molecule has 6 nitrogen and oxygen atoms in total. The molecule has 6 heteroatoms. The highest BCUT2D eigenvalue weighted by molar-refractivity contribution is 6.09. The molecule has 0 aliphatic carbocycles. The van der Waals surface area contributed by atoms with Gasteiger partial charge in [-0.3, -0.25) is 4.98 Å². The average Bonchev–Trinajstić information content (AvgIpc) is 3.62. The second-order valence-corrected chi connectivity index (χ2v) is 14.1. The highest BCUT2D eigenvalue weighted by Gasteiger charge is 2.46. The molecule has 7 aromatic carbocycles. The van der Waals surface area contributed by atoms with Crippen LogP contribution >= 0.6 is 0 Å². The van der Waals surface area contributed by atoms with Gasteiger partial charge in [0.05, 0.1) is 52.1 Å². The average molecular weight is 727 g/mol. The van der Waals surface area contributed by atoms with E-state index < -0.39 is 5.41 Å². The number of fused-ring (bicyclic) bond motifs is 5. The van der Waals surface area contributed by atoms with Gasteiger partial charge in [-0.2, -0.15) is 10.5 Å². The Morgan fingerprint density at radius 3 is 1.82 bits per heavy atom. The summed E-state index contributed by atoms with van der Waals surface area (Å²) < 4.78 is 2.23. The van der Waals surface area contributed by atoms with E-state index in [0.717, 1.165) is 66.8 Å². The molecular formula is C51H30N6. The Kier molecular flexibility index (Phi) is 7.75. The van der Waals surface area contributed by atoms with Crippen molar-refractivity contribution in [3.05, 3.63) is 227 Å². The van der Waals surface area contributed by atoms with Crippen molar-refractivity contribution < 1.29 is 0 Å². The molecule has 1 aliphatic rings. The minimum Gasteiger partial charge on any atom is -0.310 e. The van der Waals surface area contributed by atoms with Crippen LogP contribution in [0.4, 0.5) is 22.7 Å². The van der Waals surface area contributed by atoms with Gasteiger partial charge >= 0.3 is 0 Å². The van der Waals surface area contributed by atoms with Crippen molar-refractivity contribution in [1.29, 1.82) is 10.5 Å². The van der Waals surface area contributed by atoms with Crippen LogP contribution in [0.1, 0.15) is 33.4 Å². The summed E-state index contributed by atoms with van der Waals surface area (Å²) in [5, 5.41) is 22.4. The van der Waals surface area contributed by atoms with E-state index >= 15 is 0 Å². The predicted molar refractivity (Wildman–Crippen MR) is 226 cm³/mol. The van der Waals surface area contributed by atoms with E-state index in [2.05, 4.69) is 165 Å². The molecule has 9 aromatic rings. The molecule has 0 fully saturated rings. The Balaban J connectivity index is 1.33. The maximum absolute atomic E-state index is 10.5. The number of para-hydroxylation sites is 3. The van der Waals surface area contributed by atoms with Crippen molar-refractivity contribution in [2.75, 3.05) is 4.90 Å². The van der Waals surface area contributed by atoms with E-state index in [0.29, 0.717) is 11.1 Å². The fourth-order valence-corrected chi connectivity index (χ4v) is 8.95. The van der Waals surface area contributed by atoms with Crippen LogP contribution in [-0.2, 0) is 5.41 Å². The zero-order chi connectivity index (χ0) is 38.5. The van der Waals surface area contributed by atoms with Crippen molar-refractivity contribution in [3.63, 3.8) is 0 Å². The number of rotatable bonds is 5. The van der Waals surface area contributed by atoms with Gasteiger partial charge in [0.2, 0.25) is 0 Å². The fourth-order valence-electron chi connectivity index (χ4n) is 8.95. The molecule has 0 amide bonds. The van der Waals surface area contributed by atoms with Crippen LogP contribution < -0.4 is 4.90 Å². The number of nitriles is 2. The van der Waals surface area contributed by atoms with Crippen LogP contribution in [0.25, 0.3) is 43.5 Å². The smallest absolute Gasteiger partial charge is 0.197 e. The molecule has 1 aliphatic heterocycles. The van der Waals surface area contributed by atoms with Gasteiger partial charge in [-0.25, -0.2) is 4.85 Å². The second-order valence-electron chi connectivity index (χ2n) is 14.1. The van der Waals surface area contributed by atoms with E-state index in [4.69, 9.17) is 6.57 Å². The first-order chi connectivity index (χ1) is 28.1. The zero-order valence-corrected chi connectivity index (χ0v) is 30.5. The van der Waals surface area contributed by atoms with E-state index in [1.165, 1.54) is 0 Å². The van der Waals surface area contributed by atoms with E-state index in [1.54, 1.807) is 18.3 Å². The van der Waals surface area contributed by atoms with Crippen LogP contribution in [0.3, 0.4) is 0 Å². The highest BCUT2D eigenvalue weighted by atomic mass is 15.2. The minimum absolute atomic E-state index is 0.242. The van der Waals surface area contributed by atoms with Gasteiger partial charge in [-0.1, -0.05) is 115 Å². The molecule has 0 bridgehead atoms. The Morgan fingerprint density at radius 2 is 1.18 bits per heavy atom. The summed E-state index contributed by atoms with van der Waals surface area (Å²) in [6.45, 7) is 8.22. The van der Waals surface area contributed by atoms with Crippen LogP contribution in [0.2, 0.25) is 0 Å². The highest BCUT2D eigenvalue weighted by Crippen LogP contribution is 2.58. The van der Waals surface area contributed by atoms with Gasteiger partial charge in [-0.15, -0.1) is 0 Å². The third-order valence-electron chi connectivity index (χ3n) is 11.2.